The number of carbonyl (C=O) groups is 1. The van der Waals surface area contributed by atoms with E-state index in [9.17, 15) is 9.90 Å². The summed E-state index contributed by atoms with van der Waals surface area (Å²) >= 11 is 0. The number of hydrogen-bond donors (Lipinski definition) is 2. The van der Waals surface area contributed by atoms with Gasteiger partial charge < -0.3 is 15.2 Å². The molecule has 0 spiro atoms. The fourth-order valence-corrected chi connectivity index (χ4v) is 2.04. The van der Waals surface area contributed by atoms with Crippen molar-refractivity contribution in [2.24, 2.45) is 5.92 Å². The average molecular weight is 318 g/mol. The van der Waals surface area contributed by atoms with Crippen molar-refractivity contribution < 1.29 is 14.6 Å². The highest BCUT2D eigenvalue weighted by atomic mass is 16.5. The third-order valence-electron chi connectivity index (χ3n) is 3.54. The molecule has 0 saturated carbocycles. The Balaban J connectivity index is 2.57. The number of amides is 1. The topological polar surface area (TPSA) is 82.3 Å². The quantitative estimate of drug-likeness (QED) is 0.768. The van der Waals surface area contributed by atoms with Crippen molar-refractivity contribution in [3.63, 3.8) is 0 Å². The minimum Gasteiger partial charge on any atom is -0.389 e. The molecule has 2 N–H and O–H groups in total. The summed E-state index contributed by atoms with van der Waals surface area (Å²) in [5.41, 5.74) is 0.496. The van der Waals surface area contributed by atoms with Crippen LogP contribution in [0.25, 0.3) is 0 Å². The monoisotopic (exact) mass is 318 g/mol. The van der Waals surface area contributed by atoms with Crippen LogP contribution >= 0.6 is 0 Å². The van der Waals surface area contributed by atoms with Crippen LogP contribution in [0.1, 0.15) is 38.8 Å². The number of aliphatic hydroxyl groups excluding tert-OH is 1. The lowest BCUT2D eigenvalue weighted by Gasteiger charge is -2.25. The van der Waals surface area contributed by atoms with Gasteiger partial charge in [0.15, 0.2) is 0 Å². The van der Waals surface area contributed by atoms with Gasteiger partial charge in [0, 0.05) is 13.2 Å². The van der Waals surface area contributed by atoms with E-state index in [0.29, 0.717) is 18.1 Å². The second kappa shape index (κ2) is 8.66. The minimum atomic E-state index is -0.786. The van der Waals surface area contributed by atoms with Crippen LogP contribution in [-0.4, -0.2) is 36.9 Å². The molecule has 0 bridgehead atoms. The van der Waals surface area contributed by atoms with Crippen LogP contribution in [0.3, 0.4) is 0 Å². The summed E-state index contributed by atoms with van der Waals surface area (Å²) in [4.78, 5) is 12.4. The minimum absolute atomic E-state index is 0.137. The molecule has 0 radical (unpaired) electrons. The molecular weight excluding hydrogens is 292 g/mol. The number of nitriles is 1. The first kappa shape index (κ1) is 19.1. The summed E-state index contributed by atoms with van der Waals surface area (Å²) in [5.74, 6) is 0.207. The van der Waals surface area contributed by atoms with Crippen molar-refractivity contribution >= 4 is 5.91 Å². The first-order valence-corrected chi connectivity index (χ1v) is 7.82. The lowest BCUT2D eigenvalue weighted by Crippen LogP contribution is -2.44. The number of carbonyl (C=O) groups excluding carboxylic acids is 1. The third-order valence-corrected chi connectivity index (χ3v) is 3.54. The molecule has 1 aromatic rings. The Labute approximate surface area is 138 Å². The highest BCUT2D eigenvalue weighted by Gasteiger charge is 2.30. The number of hydrogen-bond acceptors (Lipinski definition) is 4. The first-order valence-electron chi connectivity index (χ1n) is 7.82. The molecule has 126 valence electrons. The first-order chi connectivity index (χ1) is 10.8. The molecule has 1 unspecified atom stereocenters. The standard InChI is InChI=1S/C18H26N2O3/c1-13(2)11-23-12-16(21)10-20-17(22)18(3,4)15-7-5-6-14(8-15)9-19/h5-8,13,16,21H,10-12H2,1-4H3,(H,20,22). The van der Waals surface area contributed by atoms with Crippen LogP contribution in [0.5, 0.6) is 0 Å². The van der Waals surface area contributed by atoms with Gasteiger partial charge in [-0.05, 0) is 37.5 Å². The molecule has 0 heterocycles. The van der Waals surface area contributed by atoms with E-state index in [1.165, 1.54) is 0 Å². The molecule has 0 aliphatic rings. The van der Waals surface area contributed by atoms with E-state index in [0.717, 1.165) is 5.56 Å². The van der Waals surface area contributed by atoms with E-state index in [1.807, 2.05) is 19.9 Å². The van der Waals surface area contributed by atoms with Gasteiger partial charge in [-0.3, -0.25) is 4.79 Å². The molecule has 0 saturated heterocycles. The number of ether oxygens (including phenoxy) is 1. The van der Waals surface area contributed by atoms with E-state index in [1.54, 1.807) is 32.0 Å². The number of aliphatic hydroxyl groups is 1. The summed E-state index contributed by atoms with van der Waals surface area (Å²) in [5, 5.41) is 21.6. The van der Waals surface area contributed by atoms with Crippen LogP contribution in [0.15, 0.2) is 24.3 Å². The normalized spacial score (nSPS) is 12.7. The smallest absolute Gasteiger partial charge is 0.230 e. The highest BCUT2D eigenvalue weighted by Crippen LogP contribution is 2.24. The second-order valence-corrected chi connectivity index (χ2v) is 6.61. The summed E-state index contributed by atoms with van der Waals surface area (Å²) in [7, 11) is 0. The third kappa shape index (κ3) is 6.01. The fourth-order valence-electron chi connectivity index (χ4n) is 2.04. The largest absolute Gasteiger partial charge is 0.389 e. The van der Waals surface area contributed by atoms with E-state index >= 15 is 0 Å². The van der Waals surface area contributed by atoms with Crippen LogP contribution in [0.4, 0.5) is 0 Å². The SMILES string of the molecule is CC(C)COCC(O)CNC(=O)C(C)(C)c1cccc(C#N)c1. The van der Waals surface area contributed by atoms with E-state index in [2.05, 4.69) is 11.4 Å². The molecule has 0 aromatic heterocycles. The van der Waals surface area contributed by atoms with Crippen molar-refractivity contribution in [1.29, 1.82) is 5.26 Å². The summed E-state index contributed by atoms with van der Waals surface area (Å²) in [6, 6.07) is 9.07. The van der Waals surface area contributed by atoms with Gasteiger partial charge in [-0.15, -0.1) is 0 Å². The Morgan fingerprint density at radius 2 is 2.09 bits per heavy atom. The maximum Gasteiger partial charge on any atom is 0.230 e. The van der Waals surface area contributed by atoms with Crippen molar-refractivity contribution in [2.45, 2.75) is 39.2 Å². The zero-order valence-corrected chi connectivity index (χ0v) is 14.3. The van der Waals surface area contributed by atoms with Gasteiger partial charge in [0.25, 0.3) is 0 Å². The molecular formula is C18H26N2O3. The van der Waals surface area contributed by atoms with Crippen LogP contribution in [0.2, 0.25) is 0 Å². The molecule has 1 rings (SSSR count). The zero-order valence-electron chi connectivity index (χ0n) is 14.3. The number of nitrogens with zero attached hydrogens (tertiary/aromatic N) is 1. The van der Waals surface area contributed by atoms with Crippen molar-refractivity contribution in [3.05, 3.63) is 35.4 Å². The van der Waals surface area contributed by atoms with Crippen molar-refractivity contribution in [1.82, 2.24) is 5.32 Å². The Morgan fingerprint density at radius 1 is 1.39 bits per heavy atom. The number of nitrogens with one attached hydrogen (secondary N) is 1. The van der Waals surface area contributed by atoms with E-state index in [4.69, 9.17) is 10.00 Å². The predicted molar refractivity (Wildman–Crippen MR) is 88.9 cm³/mol. The number of rotatable bonds is 8. The molecule has 1 atom stereocenters. The van der Waals surface area contributed by atoms with Gasteiger partial charge in [0.05, 0.1) is 29.8 Å². The number of benzene rings is 1. The van der Waals surface area contributed by atoms with E-state index in [-0.39, 0.29) is 19.1 Å². The van der Waals surface area contributed by atoms with Gasteiger partial charge >= 0.3 is 0 Å². The lowest BCUT2D eigenvalue weighted by atomic mass is 9.83. The Hall–Kier alpha value is -1.90. The van der Waals surface area contributed by atoms with Crippen molar-refractivity contribution in [2.75, 3.05) is 19.8 Å². The Morgan fingerprint density at radius 3 is 2.70 bits per heavy atom. The summed E-state index contributed by atoms with van der Waals surface area (Å²) in [6.45, 7) is 8.57. The average Bonchev–Trinajstić information content (AvgIpc) is 2.52. The van der Waals surface area contributed by atoms with Gasteiger partial charge in [-0.25, -0.2) is 0 Å². The fraction of sp³-hybridized carbons (Fsp3) is 0.556. The molecule has 0 aliphatic carbocycles. The zero-order chi connectivity index (χ0) is 17.5. The maximum atomic E-state index is 12.4. The molecule has 5 heteroatoms. The Kier molecular flexibility index (Phi) is 7.21. The molecule has 1 amide bonds. The second-order valence-electron chi connectivity index (χ2n) is 6.61. The Bertz CT molecular complexity index is 562. The van der Waals surface area contributed by atoms with Gasteiger partial charge in [-0.2, -0.15) is 5.26 Å². The van der Waals surface area contributed by atoms with Crippen LogP contribution in [0, 0.1) is 17.2 Å². The summed E-state index contributed by atoms with van der Waals surface area (Å²) in [6.07, 6.45) is -0.737. The molecule has 5 nitrogen and oxygen atoms in total. The van der Waals surface area contributed by atoms with Gasteiger partial charge in [0.2, 0.25) is 5.91 Å². The molecule has 0 aliphatic heterocycles. The van der Waals surface area contributed by atoms with E-state index < -0.39 is 11.5 Å². The highest BCUT2D eigenvalue weighted by molar-refractivity contribution is 5.87. The predicted octanol–water partition coefficient (Wildman–Crippen LogP) is 1.99. The van der Waals surface area contributed by atoms with Crippen LogP contribution in [-0.2, 0) is 14.9 Å². The molecule has 0 fully saturated rings. The summed E-state index contributed by atoms with van der Waals surface area (Å²) < 4.78 is 5.35. The maximum absolute atomic E-state index is 12.4. The molecule has 23 heavy (non-hydrogen) atoms. The lowest BCUT2D eigenvalue weighted by molar-refractivity contribution is -0.126. The van der Waals surface area contributed by atoms with Gasteiger partial charge in [-0.1, -0.05) is 26.0 Å². The van der Waals surface area contributed by atoms with Gasteiger partial charge in [0.1, 0.15) is 0 Å². The van der Waals surface area contributed by atoms with Crippen LogP contribution < -0.4 is 5.32 Å². The molecule has 1 aromatic carbocycles. The van der Waals surface area contributed by atoms with Crippen molar-refractivity contribution in [3.8, 4) is 6.07 Å².